The van der Waals surface area contributed by atoms with Crippen LogP contribution in [-0.2, 0) is 0 Å². The average Bonchev–Trinajstić information content (AvgIpc) is 2.82. The lowest BCUT2D eigenvalue weighted by Crippen LogP contribution is -2.36. The molecule has 0 saturated heterocycles. The molecule has 0 aliphatic carbocycles. The second-order valence-electron chi connectivity index (χ2n) is 4.73. The lowest BCUT2D eigenvalue weighted by molar-refractivity contribution is 0.627. The monoisotopic (exact) mass is 367 g/mol. The van der Waals surface area contributed by atoms with Crippen LogP contribution in [0.25, 0.3) is 0 Å². The number of nitrogens with two attached hydrogens (primary N) is 1. The Bertz CT molecular complexity index is 703. The van der Waals surface area contributed by atoms with Crippen LogP contribution in [0.1, 0.15) is 11.6 Å². The summed E-state index contributed by atoms with van der Waals surface area (Å²) in [5, 5.41) is 0.645. The Morgan fingerprint density at radius 1 is 1.24 bits per heavy atom. The first-order valence-corrected chi connectivity index (χ1v) is 7.53. The van der Waals surface area contributed by atoms with E-state index in [9.17, 15) is 4.39 Å². The van der Waals surface area contributed by atoms with Crippen LogP contribution >= 0.6 is 27.5 Å². The predicted octanol–water partition coefficient (Wildman–Crippen LogP) is 4.12. The second kappa shape index (κ2) is 5.66. The summed E-state index contributed by atoms with van der Waals surface area (Å²) in [6.45, 7) is 0.518. The summed E-state index contributed by atoms with van der Waals surface area (Å²) < 4.78 is 14.0. The largest absolute Gasteiger partial charge is 0.369 e. The minimum Gasteiger partial charge on any atom is -0.369 e. The maximum absolute atomic E-state index is 13.1. The van der Waals surface area contributed by atoms with E-state index < -0.39 is 0 Å². The maximum atomic E-state index is 13.1. The Kier molecular flexibility index (Phi) is 3.87. The van der Waals surface area contributed by atoms with E-state index in [0.717, 1.165) is 15.7 Å². The molecule has 0 saturated carbocycles. The van der Waals surface area contributed by atoms with Gasteiger partial charge < -0.3 is 10.6 Å². The first kappa shape index (κ1) is 14.4. The SMILES string of the molecule is NC1=NCC(c2ccc(Br)cc2Cl)N1c1ccc(F)cc1. The third-order valence-electron chi connectivity index (χ3n) is 3.41. The highest BCUT2D eigenvalue weighted by Crippen LogP contribution is 2.35. The highest BCUT2D eigenvalue weighted by atomic mass is 79.9. The zero-order valence-electron chi connectivity index (χ0n) is 10.9. The Hall–Kier alpha value is -1.59. The van der Waals surface area contributed by atoms with Crippen LogP contribution < -0.4 is 10.6 Å². The minimum absolute atomic E-state index is 0.0870. The molecule has 1 aliphatic rings. The molecule has 0 radical (unpaired) electrons. The molecule has 1 atom stereocenters. The van der Waals surface area contributed by atoms with E-state index in [1.807, 2.05) is 23.1 Å². The molecule has 1 heterocycles. The van der Waals surface area contributed by atoms with Crippen molar-refractivity contribution in [2.45, 2.75) is 6.04 Å². The number of hydrogen-bond donors (Lipinski definition) is 1. The molecule has 0 bridgehead atoms. The molecule has 0 spiro atoms. The standard InChI is InChI=1S/C15H12BrClFN3/c16-9-1-6-12(13(17)7-9)14-8-20-15(19)21(14)11-4-2-10(18)3-5-11/h1-7,14H,8H2,(H2,19,20). The van der Waals surface area contributed by atoms with Crippen LogP contribution in [0.5, 0.6) is 0 Å². The average molecular weight is 369 g/mol. The van der Waals surface area contributed by atoms with E-state index in [1.54, 1.807) is 12.1 Å². The number of anilines is 1. The van der Waals surface area contributed by atoms with Crippen LogP contribution in [0.2, 0.25) is 5.02 Å². The van der Waals surface area contributed by atoms with Crippen molar-refractivity contribution in [2.24, 2.45) is 10.7 Å². The van der Waals surface area contributed by atoms with Crippen molar-refractivity contribution in [1.82, 2.24) is 0 Å². The van der Waals surface area contributed by atoms with Crippen molar-refractivity contribution >= 4 is 39.2 Å². The second-order valence-corrected chi connectivity index (χ2v) is 6.05. The van der Waals surface area contributed by atoms with Crippen LogP contribution in [0, 0.1) is 5.82 Å². The zero-order valence-corrected chi connectivity index (χ0v) is 13.3. The van der Waals surface area contributed by atoms with E-state index in [-0.39, 0.29) is 11.9 Å². The first-order chi connectivity index (χ1) is 10.1. The van der Waals surface area contributed by atoms with Gasteiger partial charge in [0.2, 0.25) is 0 Å². The Morgan fingerprint density at radius 2 is 1.95 bits per heavy atom. The summed E-state index contributed by atoms with van der Waals surface area (Å²) in [5.41, 5.74) is 7.72. The molecule has 1 aliphatic heterocycles. The van der Waals surface area contributed by atoms with Gasteiger partial charge >= 0.3 is 0 Å². The summed E-state index contributed by atoms with van der Waals surface area (Å²) in [6.07, 6.45) is 0. The van der Waals surface area contributed by atoms with Gasteiger partial charge in [-0.3, -0.25) is 4.99 Å². The Labute approximate surface area is 135 Å². The van der Waals surface area contributed by atoms with Gasteiger partial charge in [0.15, 0.2) is 5.96 Å². The fraction of sp³-hybridized carbons (Fsp3) is 0.133. The number of aliphatic imine (C=N–C) groups is 1. The number of hydrogen-bond acceptors (Lipinski definition) is 3. The van der Waals surface area contributed by atoms with E-state index >= 15 is 0 Å². The third kappa shape index (κ3) is 2.76. The molecular formula is C15H12BrClFN3. The van der Waals surface area contributed by atoms with Crippen molar-refractivity contribution in [3.05, 3.63) is 63.3 Å². The molecule has 1 unspecified atom stereocenters. The smallest absolute Gasteiger partial charge is 0.196 e. The van der Waals surface area contributed by atoms with Gasteiger partial charge in [-0.15, -0.1) is 0 Å². The Morgan fingerprint density at radius 3 is 2.62 bits per heavy atom. The lowest BCUT2D eigenvalue weighted by atomic mass is 10.1. The fourth-order valence-corrected chi connectivity index (χ4v) is 3.22. The van der Waals surface area contributed by atoms with Crippen molar-refractivity contribution in [3.8, 4) is 0 Å². The Balaban J connectivity index is 2.00. The van der Waals surface area contributed by atoms with Gasteiger partial charge in [0.1, 0.15) is 5.82 Å². The number of nitrogens with zero attached hydrogens (tertiary/aromatic N) is 2. The van der Waals surface area contributed by atoms with E-state index in [2.05, 4.69) is 20.9 Å². The van der Waals surface area contributed by atoms with Gasteiger partial charge in [-0.25, -0.2) is 4.39 Å². The summed E-state index contributed by atoms with van der Waals surface area (Å²) in [6, 6.07) is 11.8. The molecule has 0 fully saturated rings. The van der Waals surface area contributed by atoms with Crippen LogP contribution in [0.15, 0.2) is 51.9 Å². The van der Waals surface area contributed by atoms with Crippen LogP contribution in [0.4, 0.5) is 10.1 Å². The van der Waals surface area contributed by atoms with Gasteiger partial charge in [-0.05, 0) is 42.0 Å². The van der Waals surface area contributed by atoms with Crippen molar-refractivity contribution < 1.29 is 4.39 Å². The molecule has 108 valence electrons. The van der Waals surface area contributed by atoms with E-state index in [1.165, 1.54) is 12.1 Å². The summed E-state index contributed by atoms with van der Waals surface area (Å²) in [7, 11) is 0. The van der Waals surface area contributed by atoms with E-state index in [4.69, 9.17) is 17.3 Å². The fourth-order valence-electron chi connectivity index (χ4n) is 2.42. The number of benzene rings is 2. The first-order valence-electron chi connectivity index (χ1n) is 6.36. The molecule has 2 N–H and O–H groups in total. The summed E-state index contributed by atoms with van der Waals surface area (Å²) >= 11 is 9.72. The number of halogens is 3. The van der Waals surface area contributed by atoms with Gasteiger partial charge in [-0.1, -0.05) is 33.6 Å². The molecule has 0 amide bonds. The highest BCUT2D eigenvalue weighted by Gasteiger charge is 2.30. The minimum atomic E-state index is -0.285. The molecule has 0 aromatic heterocycles. The topological polar surface area (TPSA) is 41.6 Å². The predicted molar refractivity (Wildman–Crippen MR) is 87.3 cm³/mol. The van der Waals surface area contributed by atoms with Gasteiger partial charge in [0.25, 0.3) is 0 Å². The van der Waals surface area contributed by atoms with Crippen LogP contribution in [-0.4, -0.2) is 12.5 Å². The zero-order chi connectivity index (χ0) is 15.0. The van der Waals surface area contributed by atoms with Gasteiger partial charge in [0, 0.05) is 15.2 Å². The molecule has 2 aromatic rings. The molecule has 3 nitrogen and oxygen atoms in total. The molecule has 2 aromatic carbocycles. The van der Waals surface area contributed by atoms with Crippen molar-refractivity contribution in [2.75, 3.05) is 11.4 Å². The molecule has 21 heavy (non-hydrogen) atoms. The normalized spacial score (nSPS) is 18.0. The quantitative estimate of drug-likeness (QED) is 0.866. The van der Waals surface area contributed by atoms with Crippen molar-refractivity contribution in [1.29, 1.82) is 0 Å². The van der Waals surface area contributed by atoms with Crippen LogP contribution in [0.3, 0.4) is 0 Å². The maximum Gasteiger partial charge on any atom is 0.196 e. The number of rotatable bonds is 2. The molecular weight excluding hydrogens is 357 g/mol. The highest BCUT2D eigenvalue weighted by molar-refractivity contribution is 9.10. The number of guanidine groups is 1. The van der Waals surface area contributed by atoms with E-state index in [0.29, 0.717) is 17.5 Å². The summed E-state index contributed by atoms with van der Waals surface area (Å²) in [5.74, 6) is 0.122. The lowest BCUT2D eigenvalue weighted by Gasteiger charge is -2.27. The van der Waals surface area contributed by atoms with Gasteiger partial charge in [-0.2, -0.15) is 0 Å². The third-order valence-corrected chi connectivity index (χ3v) is 4.23. The molecule has 6 heteroatoms. The summed E-state index contributed by atoms with van der Waals surface area (Å²) in [4.78, 5) is 6.16. The molecule has 3 rings (SSSR count). The van der Waals surface area contributed by atoms with Crippen molar-refractivity contribution in [3.63, 3.8) is 0 Å². The van der Waals surface area contributed by atoms with Gasteiger partial charge in [0.05, 0.1) is 12.6 Å².